The van der Waals surface area contributed by atoms with Crippen LogP contribution in [0.15, 0.2) is 18.2 Å². The van der Waals surface area contributed by atoms with Crippen molar-refractivity contribution in [2.75, 3.05) is 13.7 Å². The topological polar surface area (TPSA) is 206 Å². The second kappa shape index (κ2) is 9.66. The smallest absolute Gasteiger partial charge is 0.202 e. The summed E-state index contributed by atoms with van der Waals surface area (Å²) >= 11 is 0. The lowest BCUT2D eigenvalue weighted by atomic mass is 9.72. The van der Waals surface area contributed by atoms with Gasteiger partial charge in [-0.3, -0.25) is 14.4 Å². The summed E-state index contributed by atoms with van der Waals surface area (Å²) in [5.74, 6) is -3.77. The number of ketones is 3. The van der Waals surface area contributed by atoms with Crippen LogP contribution in [-0.2, 0) is 20.7 Å². The van der Waals surface area contributed by atoms with E-state index in [1.54, 1.807) is 6.92 Å². The van der Waals surface area contributed by atoms with Crippen molar-refractivity contribution in [2.45, 2.75) is 62.4 Å². The fourth-order valence-corrected chi connectivity index (χ4v) is 5.75. The van der Waals surface area contributed by atoms with E-state index in [0.29, 0.717) is 0 Å². The summed E-state index contributed by atoms with van der Waals surface area (Å²) in [6, 6.07) is 3.64. The van der Waals surface area contributed by atoms with E-state index in [1.807, 2.05) is 0 Å². The average Bonchev–Trinajstić information content (AvgIpc) is 2.90. The number of phenolic OH excluding ortho intramolecular Hbond substituents is 2. The molecule has 208 valence electrons. The van der Waals surface area contributed by atoms with E-state index in [-0.39, 0.29) is 34.4 Å². The monoisotopic (exact) mass is 543 g/mol. The first-order valence-corrected chi connectivity index (χ1v) is 12.4. The van der Waals surface area contributed by atoms with Crippen LogP contribution in [0.1, 0.15) is 68.8 Å². The summed E-state index contributed by atoms with van der Waals surface area (Å²) in [5, 5.41) is 53.7. The molecular formula is C27H29NO11. The van der Waals surface area contributed by atoms with E-state index < -0.39 is 95.7 Å². The number of carbonyl (C=O) groups excluding carboxylic acids is 3. The summed E-state index contributed by atoms with van der Waals surface area (Å²) in [6.07, 6.45) is -5.12. The lowest BCUT2D eigenvalue weighted by molar-refractivity contribution is -0.247. The highest BCUT2D eigenvalue weighted by Crippen LogP contribution is 2.52. The maximum atomic E-state index is 13.6. The molecule has 1 heterocycles. The van der Waals surface area contributed by atoms with Gasteiger partial charge in [-0.2, -0.15) is 0 Å². The van der Waals surface area contributed by atoms with Crippen LogP contribution in [-0.4, -0.2) is 86.7 Å². The van der Waals surface area contributed by atoms with Gasteiger partial charge < -0.3 is 45.5 Å². The molecule has 0 aromatic heterocycles. The summed E-state index contributed by atoms with van der Waals surface area (Å²) in [6.45, 7) is 0.560. The molecule has 7 N–H and O–H groups in total. The standard InChI is InChI=1S/C27H29NO11/c1-10-22(31)13(28)6-17(38-10)39-15-8-27(36,16(30)9-29)7-12-19(15)26(35)21-20(24(12)33)23(32)11-4-3-5-14(37-2)18(11)25(21)34/h3-5,10,13,15,17,22,29,31,33,35-36H,6-9,28H2,1-2H3/t10?,13-,15-,17-,22+,27-/m0/s1. The van der Waals surface area contributed by atoms with Gasteiger partial charge in [-0.15, -0.1) is 0 Å². The number of ether oxygens (including phenoxy) is 3. The van der Waals surface area contributed by atoms with Gasteiger partial charge in [0.2, 0.25) is 5.78 Å². The molecule has 1 unspecified atom stereocenters. The number of carbonyl (C=O) groups is 3. The van der Waals surface area contributed by atoms with Gasteiger partial charge >= 0.3 is 0 Å². The van der Waals surface area contributed by atoms with Crippen LogP contribution in [0.5, 0.6) is 17.2 Å². The van der Waals surface area contributed by atoms with Crippen molar-refractivity contribution in [3.63, 3.8) is 0 Å². The zero-order valence-corrected chi connectivity index (χ0v) is 21.2. The molecule has 0 radical (unpaired) electrons. The number of benzene rings is 2. The Kier molecular flexibility index (Phi) is 6.74. The van der Waals surface area contributed by atoms with E-state index in [2.05, 4.69) is 0 Å². The van der Waals surface area contributed by atoms with Crippen molar-refractivity contribution >= 4 is 17.3 Å². The Balaban J connectivity index is 1.69. The van der Waals surface area contributed by atoms with Gasteiger partial charge in [-0.25, -0.2) is 0 Å². The fourth-order valence-electron chi connectivity index (χ4n) is 5.75. The molecule has 3 aliphatic rings. The van der Waals surface area contributed by atoms with E-state index >= 15 is 0 Å². The SMILES string of the molecule is COc1cccc2c1C(=O)c1c(O)c3c(c(O)c1C2=O)C[C@@](O)(C(=O)CO)C[C@@H]3O[C@H]1C[C@H](N)[C@H](O)C(C)O1. The van der Waals surface area contributed by atoms with Crippen LogP contribution in [0.2, 0.25) is 0 Å². The van der Waals surface area contributed by atoms with Gasteiger partial charge in [0.05, 0.1) is 42.1 Å². The molecule has 2 aromatic rings. The molecule has 12 heteroatoms. The summed E-state index contributed by atoms with van der Waals surface area (Å²) in [4.78, 5) is 39.7. The first-order chi connectivity index (χ1) is 18.4. The molecule has 1 aliphatic heterocycles. The number of rotatable bonds is 5. The number of Topliss-reactive ketones (excluding diaryl/α,β-unsaturated/α-hetero) is 1. The van der Waals surface area contributed by atoms with Crippen LogP contribution in [0, 0.1) is 0 Å². The van der Waals surface area contributed by atoms with Crippen molar-refractivity contribution in [2.24, 2.45) is 5.73 Å². The highest BCUT2D eigenvalue weighted by atomic mass is 16.7. The summed E-state index contributed by atoms with van der Waals surface area (Å²) in [7, 11) is 1.32. The van der Waals surface area contributed by atoms with Gasteiger partial charge in [0, 0.05) is 42.0 Å². The molecule has 0 spiro atoms. The fraction of sp³-hybridized carbons (Fsp3) is 0.444. The summed E-state index contributed by atoms with van der Waals surface area (Å²) in [5.41, 5.74) is 2.37. The van der Waals surface area contributed by atoms with Gasteiger partial charge in [-0.1, -0.05) is 12.1 Å². The number of phenols is 2. The molecular weight excluding hydrogens is 514 g/mol. The number of aliphatic hydroxyl groups is 3. The minimum absolute atomic E-state index is 0.0173. The second-order valence-electron chi connectivity index (χ2n) is 10.2. The highest BCUT2D eigenvalue weighted by Gasteiger charge is 2.50. The molecule has 1 saturated heterocycles. The van der Waals surface area contributed by atoms with E-state index in [1.165, 1.54) is 25.3 Å². The molecule has 1 fully saturated rings. The number of methoxy groups -OCH3 is 1. The average molecular weight is 544 g/mol. The lowest BCUT2D eigenvalue weighted by Crippen LogP contribution is -2.53. The maximum Gasteiger partial charge on any atom is 0.202 e. The molecule has 0 bridgehead atoms. The van der Waals surface area contributed by atoms with Crippen molar-refractivity contribution in [3.8, 4) is 17.2 Å². The number of aliphatic hydroxyl groups excluding tert-OH is 2. The third kappa shape index (κ3) is 4.11. The minimum Gasteiger partial charge on any atom is -0.507 e. The number of nitrogens with two attached hydrogens (primary N) is 1. The predicted molar refractivity (Wildman–Crippen MR) is 132 cm³/mol. The quantitative estimate of drug-likeness (QED) is 0.235. The van der Waals surface area contributed by atoms with Gasteiger partial charge in [0.1, 0.15) is 29.5 Å². The molecule has 0 amide bonds. The molecule has 0 saturated carbocycles. The van der Waals surface area contributed by atoms with E-state index in [9.17, 15) is 39.9 Å². The molecule has 39 heavy (non-hydrogen) atoms. The Bertz CT molecular complexity index is 1380. The zero-order valence-electron chi connectivity index (χ0n) is 21.2. The van der Waals surface area contributed by atoms with E-state index in [0.717, 1.165) is 0 Å². The highest BCUT2D eigenvalue weighted by molar-refractivity contribution is 6.31. The number of fused-ring (bicyclic) bond motifs is 3. The van der Waals surface area contributed by atoms with Crippen molar-refractivity contribution in [1.29, 1.82) is 0 Å². The number of hydrogen-bond donors (Lipinski definition) is 6. The predicted octanol–water partition coefficient (Wildman–Crippen LogP) is 0.00130. The van der Waals surface area contributed by atoms with Gasteiger partial charge in [0.25, 0.3) is 0 Å². The Morgan fingerprint density at radius 1 is 1.15 bits per heavy atom. The Hall–Kier alpha value is -3.39. The molecule has 12 nitrogen and oxygen atoms in total. The van der Waals surface area contributed by atoms with Crippen molar-refractivity contribution in [1.82, 2.24) is 0 Å². The number of hydrogen-bond acceptors (Lipinski definition) is 12. The van der Waals surface area contributed by atoms with Crippen LogP contribution in [0.3, 0.4) is 0 Å². The van der Waals surface area contributed by atoms with Crippen molar-refractivity contribution < 1.29 is 54.1 Å². The Morgan fingerprint density at radius 3 is 2.49 bits per heavy atom. The summed E-state index contributed by atoms with van der Waals surface area (Å²) < 4.78 is 17.0. The normalized spacial score (nSPS) is 29.8. The Labute approximate surface area is 222 Å². The van der Waals surface area contributed by atoms with E-state index in [4.69, 9.17) is 19.9 Å². The Morgan fingerprint density at radius 2 is 1.85 bits per heavy atom. The van der Waals surface area contributed by atoms with Crippen molar-refractivity contribution in [3.05, 3.63) is 51.6 Å². The largest absolute Gasteiger partial charge is 0.507 e. The third-order valence-electron chi connectivity index (χ3n) is 7.81. The van der Waals surface area contributed by atoms with Crippen LogP contribution < -0.4 is 10.5 Å². The lowest BCUT2D eigenvalue weighted by Gasteiger charge is -2.42. The number of aromatic hydroxyl groups is 2. The van der Waals surface area contributed by atoms with Gasteiger partial charge in [0.15, 0.2) is 17.9 Å². The molecule has 2 aromatic carbocycles. The van der Waals surface area contributed by atoms with Gasteiger partial charge in [-0.05, 0) is 13.0 Å². The van der Waals surface area contributed by atoms with Crippen LogP contribution in [0.25, 0.3) is 0 Å². The third-order valence-corrected chi connectivity index (χ3v) is 7.81. The molecule has 5 rings (SSSR count). The minimum atomic E-state index is -2.24. The molecule has 6 atom stereocenters. The first-order valence-electron chi connectivity index (χ1n) is 12.4. The maximum absolute atomic E-state index is 13.6. The zero-order chi connectivity index (χ0) is 28.4. The first kappa shape index (κ1) is 27.2. The van der Waals surface area contributed by atoms with Crippen LogP contribution >= 0.6 is 0 Å². The second-order valence-corrected chi connectivity index (χ2v) is 10.2. The molecule has 2 aliphatic carbocycles. The van der Waals surface area contributed by atoms with Crippen LogP contribution in [0.4, 0.5) is 0 Å².